The SMILES string of the molecule is CCOC(=O)c1cc(Cl)c(O)cc1Cl. The zero-order valence-corrected chi connectivity index (χ0v) is 8.89. The summed E-state index contributed by atoms with van der Waals surface area (Å²) in [5, 5.41) is 9.35. The molecular weight excluding hydrogens is 227 g/mol. The van der Waals surface area contributed by atoms with Crippen LogP contribution in [0.3, 0.4) is 0 Å². The van der Waals surface area contributed by atoms with Gasteiger partial charge in [0, 0.05) is 6.07 Å². The van der Waals surface area contributed by atoms with E-state index in [1.165, 1.54) is 12.1 Å². The van der Waals surface area contributed by atoms with E-state index >= 15 is 0 Å². The lowest BCUT2D eigenvalue weighted by Crippen LogP contribution is -2.05. The molecule has 0 amide bonds. The Morgan fingerprint density at radius 3 is 2.64 bits per heavy atom. The third kappa shape index (κ3) is 2.30. The van der Waals surface area contributed by atoms with Crippen molar-refractivity contribution in [1.82, 2.24) is 0 Å². The number of esters is 1. The molecule has 0 spiro atoms. The Kier molecular flexibility index (Phi) is 3.61. The normalized spacial score (nSPS) is 9.93. The van der Waals surface area contributed by atoms with Gasteiger partial charge in [-0.2, -0.15) is 0 Å². The van der Waals surface area contributed by atoms with Crippen molar-refractivity contribution in [3.05, 3.63) is 27.7 Å². The first-order chi connectivity index (χ1) is 6.56. The second-order valence-corrected chi connectivity index (χ2v) is 3.32. The number of hydrogen-bond donors (Lipinski definition) is 1. The molecule has 0 fully saturated rings. The number of phenolic OH excluding ortho intramolecular Hbond substituents is 1. The van der Waals surface area contributed by atoms with Crippen molar-refractivity contribution in [2.24, 2.45) is 0 Å². The molecule has 76 valence electrons. The van der Waals surface area contributed by atoms with Crippen molar-refractivity contribution in [2.45, 2.75) is 6.92 Å². The fourth-order valence-corrected chi connectivity index (χ4v) is 1.30. The van der Waals surface area contributed by atoms with Crippen LogP contribution in [0.4, 0.5) is 0 Å². The van der Waals surface area contributed by atoms with Gasteiger partial charge in [-0.15, -0.1) is 0 Å². The molecule has 0 aliphatic carbocycles. The van der Waals surface area contributed by atoms with E-state index in [0.29, 0.717) is 0 Å². The minimum atomic E-state index is -0.556. The van der Waals surface area contributed by atoms with Crippen LogP contribution in [0, 0.1) is 0 Å². The third-order valence-electron chi connectivity index (χ3n) is 1.53. The maximum Gasteiger partial charge on any atom is 0.339 e. The van der Waals surface area contributed by atoms with E-state index in [2.05, 4.69) is 0 Å². The number of carbonyl (C=O) groups excluding carboxylic acids is 1. The number of halogens is 2. The van der Waals surface area contributed by atoms with Gasteiger partial charge in [0.1, 0.15) is 5.75 Å². The van der Waals surface area contributed by atoms with Gasteiger partial charge in [-0.1, -0.05) is 23.2 Å². The van der Waals surface area contributed by atoms with Crippen molar-refractivity contribution in [2.75, 3.05) is 6.61 Å². The van der Waals surface area contributed by atoms with Gasteiger partial charge in [0.05, 0.1) is 22.2 Å². The van der Waals surface area contributed by atoms with Gasteiger partial charge in [0.15, 0.2) is 0 Å². The summed E-state index contributed by atoms with van der Waals surface area (Å²) in [4.78, 5) is 11.3. The number of benzene rings is 1. The fraction of sp³-hybridized carbons (Fsp3) is 0.222. The Morgan fingerprint density at radius 2 is 2.07 bits per heavy atom. The largest absolute Gasteiger partial charge is 0.506 e. The topological polar surface area (TPSA) is 46.5 Å². The van der Waals surface area contributed by atoms with Crippen molar-refractivity contribution in [3.63, 3.8) is 0 Å². The molecular formula is C9H8Cl2O3. The first-order valence-corrected chi connectivity index (χ1v) is 4.67. The Hall–Kier alpha value is -0.930. The van der Waals surface area contributed by atoms with Crippen LogP contribution in [0.15, 0.2) is 12.1 Å². The molecule has 0 unspecified atom stereocenters. The van der Waals surface area contributed by atoms with E-state index in [0.717, 1.165) is 0 Å². The lowest BCUT2D eigenvalue weighted by molar-refractivity contribution is 0.0526. The van der Waals surface area contributed by atoms with Crippen LogP contribution in [-0.2, 0) is 4.74 Å². The zero-order valence-electron chi connectivity index (χ0n) is 7.38. The Morgan fingerprint density at radius 1 is 1.43 bits per heavy atom. The van der Waals surface area contributed by atoms with Crippen molar-refractivity contribution in [3.8, 4) is 5.75 Å². The molecule has 0 saturated carbocycles. The van der Waals surface area contributed by atoms with E-state index in [1.807, 2.05) is 0 Å². The summed E-state index contributed by atoms with van der Waals surface area (Å²) < 4.78 is 4.74. The lowest BCUT2D eigenvalue weighted by Gasteiger charge is -2.05. The Balaban J connectivity index is 3.09. The predicted molar refractivity (Wildman–Crippen MR) is 54.1 cm³/mol. The van der Waals surface area contributed by atoms with Crippen LogP contribution in [0.5, 0.6) is 5.75 Å². The summed E-state index contributed by atoms with van der Waals surface area (Å²) in [5.41, 5.74) is 0.149. The van der Waals surface area contributed by atoms with Gasteiger partial charge in [0.25, 0.3) is 0 Å². The quantitative estimate of drug-likeness (QED) is 0.801. The fourth-order valence-electron chi connectivity index (χ4n) is 0.902. The molecule has 1 N–H and O–H groups in total. The maximum atomic E-state index is 11.3. The number of hydrogen-bond acceptors (Lipinski definition) is 3. The Bertz CT molecular complexity index is 363. The molecule has 0 aliphatic rings. The number of aromatic hydroxyl groups is 1. The average molecular weight is 235 g/mol. The third-order valence-corrected chi connectivity index (χ3v) is 2.15. The van der Waals surface area contributed by atoms with Crippen LogP contribution < -0.4 is 0 Å². The lowest BCUT2D eigenvalue weighted by atomic mass is 10.2. The molecule has 1 aromatic rings. The standard InChI is InChI=1S/C9H8Cl2O3/c1-2-14-9(13)5-3-7(11)8(12)4-6(5)10/h3-4,12H,2H2,1H3. The first kappa shape index (κ1) is 11.1. The molecule has 1 rings (SSSR count). The van der Waals surface area contributed by atoms with Crippen LogP contribution in [0.25, 0.3) is 0 Å². The van der Waals surface area contributed by atoms with Gasteiger partial charge >= 0.3 is 5.97 Å². The molecule has 0 atom stereocenters. The van der Waals surface area contributed by atoms with E-state index in [4.69, 9.17) is 33.0 Å². The van der Waals surface area contributed by atoms with Gasteiger partial charge in [0.2, 0.25) is 0 Å². The van der Waals surface area contributed by atoms with Crippen LogP contribution in [0.1, 0.15) is 17.3 Å². The van der Waals surface area contributed by atoms with Crippen molar-refractivity contribution < 1.29 is 14.6 Å². The maximum absolute atomic E-state index is 11.3. The summed E-state index contributed by atoms with van der Waals surface area (Å²) in [7, 11) is 0. The monoisotopic (exact) mass is 234 g/mol. The molecule has 5 heteroatoms. The Labute approximate surface area is 91.2 Å². The molecule has 0 aliphatic heterocycles. The number of phenols is 1. The number of carbonyl (C=O) groups is 1. The average Bonchev–Trinajstić information content (AvgIpc) is 2.11. The summed E-state index contributed by atoms with van der Waals surface area (Å²) in [6.07, 6.45) is 0. The molecule has 0 radical (unpaired) electrons. The van der Waals surface area contributed by atoms with Gasteiger partial charge in [-0.05, 0) is 13.0 Å². The molecule has 0 bridgehead atoms. The molecule has 3 nitrogen and oxygen atoms in total. The zero-order chi connectivity index (χ0) is 10.7. The van der Waals surface area contributed by atoms with Crippen molar-refractivity contribution in [1.29, 1.82) is 0 Å². The first-order valence-electron chi connectivity index (χ1n) is 3.91. The van der Waals surface area contributed by atoms with E-state index < -0.39 is 5.97 Å². The van der Waals surface area contributed by atoms with Crippen LogP contribution in [0.2, 0.25) is 10.0 Å². The summed E-state index contributed by atoms with van der Waals surface area (Å²) in [6.45, 7) is 1.95. The minimum absolute atomic E-state index is 0.0671. The van der Waals surface area contributed by atoms with Gasteiger partial charge in [-0.25, -0.2) is 4.79 Å². The highest BCUT2D eigenvalue weighted by molar-refractivity contribution is 6.36. The smallest absolute Gasteiger partial charge is 0.339 e. The summed E-state index contributed by atoms with van der Waals surface area (Å²) in [6, 6.07) is 2.48. The van der Waals surface area contributed by atoms with E-state index in [-0.39, 0.29) is 28.0 Å². The molecule has 0 heterocycles. The highest BCUT2D eigenvalue weighted by Gasteiger charge is 2.14. The van der Waals surface area contributed by atoms with Crippen LogP contribution >= 0.6 is 23.2 Å². The second kappa shape index (κ2) is 4.53. The van der Waals surface area contributed by atoms with E-state index in [1.54, 1.807) is 6.92 Å². The number of ether oxygens (including phenoxy) is 1. The highest BCUT2D eigenvalue weighted by Crippen LogP contribution is 2.30. The van der Waals surface area contributed by atoms with Crippen LogP contribution in [-0.4, -0.2) is 17.7 Å². The number of rotatable bonds is 2. The predicted octanol–water partition coefficient (Wildman–Crippen LogP) is 2.88. The molecule has 14 heavy (non-hydrogen) atoms. The highest BCUT2D eigenvalue weighted by atomic mass is 35.5. The minimum Gasteiger partial charge on any atom is -0.506 e. The molecule has 0 aromatic heterocycles. The van der Waals surface area contributed by atoms with Gasteiger partial charge < -0.3 is 9.84 Å². The summed E-state index contributed by atoms with van der Waals surface area (Å²) >= 11 is 11.3. The van der Waals surface area contributed by atoms with Crippen molar-refractivity contribution >= 4 is 29.2 Å². The second-order valence-electron chi connectivity index (χ2n) is 2.50. The summed E-state index contributed by atoms with van der Waals surface area (Å²) in [5.74, 6) is -0.718. The molecule has 0 saturated heterocycles. The molecule has 1 aromatic carbocycles. The van der Waals surface area contributed by atoms with Gasteiger partial charge in [-0.3, -0.25) is 0 Å². The van der Waals surface area contributed by atoms with E-state index in [9.17, 15) is 4.79 Å².